The number of rotatable bonds is 4. The minimum absolute atomic E-state index is 0.0814. The van der Waals surface area contributed by atoms with Crippen LogP contribution in [-0.4, -0.2) is 16.7 Å². The van der Waals surface area contributed by atoms with E-state index in [9.17, 15) is 13.2 Å². The molecule has 0 aliphatic heterocycles. The van der Waals surface area contributed by atoms with Crippen molar-refractivity contribution in [1.29, 1.82) is 0 Å². The van der Waals surface area contributed by atoms with Crippen LogP contribution in [0.3, 0.4) is 0 Å². The molecule has 25 heavy (non-hydrogen) atoms. The van der Waals surface area contributed by atoms with Gasteiger partial charge < -0.3 is 4.98 Å². The second-order valence-corrected chi connectivity index (χ2v) is 5.59. The fraction of sp³-hybridized carbons (Fsp3) is 0.111. The summed E-state index contributed by atoms with van der Waals surface area (Å²) in [5.74, 6) is -2.69. The van der Waals surface area contributed by atoms with E-state index in [1.54, 1.807) is 19.1 Å². The third-order valence-electron chi connectivity index (χ3n) is 3.80. The zero-order valence-corrected chi connectivity index (χ0v) is 13.6. The molecule has 0 spiro atoms. The average Bonchev–Trinajstić information content (AvgIpc) is 2.94. The first-order chi connectivity index (χ1) is 11.9. The Labute approximate surface area is 142 Å². The van der Waals surface area contributed by atoms with Gasteiger partial charge in [-0.05, 0) is 37.6 Å². The molecule has 0 saturated heterocycles. The van der Waals surface area contributed by atoms with E-state index in [1.165, 1.54) is 0 Å². The van der Waals surface area contributed by atoms with E-state index >= 15 is 0 Å². The normalized spacial score (nSPS) is 10.8. The van der Waals surface area contributed by atoms with E-state index in [0.29, 0.717) is 23.1 Å². The molecule has 0 amide bonds. The number of anilines is 1. The molecule has 0 bridgehead atoms. The zero-order valence-electron chi connectivity index (χ0n) is 13.6. The highest BCUT2D eigenvalue weighted by Crippen LogP contribution is 2.34. The topological polar surface area (TPSA) is 53.1 Å². The maximum atomic E-state index is 14.2. The number of H-pyrrole nitrogens is 1. The number of aromatic amines is 1. The number of imidazole rings is 1. The summed E-state index contributed by atoms with van der Waals surface area (Å²) < 4.78 is 41.0. The molecule has 0 atom stereocenters. The summed E-state index contributed by atoms with van der Waals surface area (Å²) in [4.78, 5) is 7.29. The summed E-state index contributed by atoms with van der Waals surface area (Å²) in [5, 5.41) is 3.62. The Morgan fingerprint density at radius 3 is 2.44 bits per heavy atom. The van der Waals surface area contributed by atoms with Gasteiger partial charge >= 0.3 is 0 Å². The van der Waals surface area contributed by atoms with Gasteiger partial charge in [0.05, 0.1) is 17.1 Å². The molecule has 2 aromatic carbocycles. The first-order valence-electron chi connectivity index (χ1n) is 7.45. The molecule has 0 aliphatic carbocycles. The third kappa shape index (κ3) is 3.13. The molecular weight excluding hydrogens is 329 g/mol. The van der Waals surface area contributed by atoms with Crippen molar-refractivity contribution in [3.05, 3.63) is 59.2 Å². The molecule has 1 aromatic heterocycles. The maximum Gasteiger partial charge on any atom is 0.161 e. The molecule has 4 nitrogen and oxygen atoms in total. The number of aryl methyl sites for hydroxylation is 2. The summed E-state index contributed by atoms with van der Waals surface area (Å²) >= 11 is 0. The van der Waals surface area contributed by atoms with Crippen molar-refractivity contribution in [2.24, 2.45) is 5.10 Å². The molecule has 0 fully saturated rings. The number of hydrogen-bond donors (Lipinski definition) is 2. The second kappa shape index (κ2) is 6.43. The first kappa shape index (κ1) is 16.8. The number of halogens is 3. The van der Waals surface area contributed by atoms with E-state index < -0.39 is 17.5 Å². The van der Waals surface area contributed by atoms with Crippen molar-refractivity contribution < 1.29 is 13.2 Å². The van der Waals surface area contributed by atoms with Crippen molar-refractivity contribution in [2.75, 3.05) is 5.43 Å². The van der Waals surface area contributed by atoms with Crippen LogP contribution in [0.15, 0.2) is 35.4 Å². The lowest BCUT2D eigenvalue weighted by Crippen LogP contribution is -1.94. The van der Waals surface area contributed by atoms with Crippen molar-refractivity contribution in [2.45, 2.75) is 13.8 Å². The standard InChI is InChI=1S/C18H15F3N4/c1-9-6-11(4-5-16(9)25-22-3)17-18(24-10(2)23-17)12-7-14(20)15(21)8-13(12)19/h4-8,25H,3H2,1-2H3,(H,23,24). The smallest absolute Gasteiger partial charge is 0.161 e. The molecule has 0 unspecified atom stereocenters. The van der Waals surface area contributed by atoms with Crippen molar-refractivity contribution >= 4 is 12.4 Å². The first-order valence-corrected chi connectivity index (χ1v) is 7.45. The van der Waals surface area contributed by atoms with Crippen LogP contribution in [0.1, 0.15) is 11.4 Å². The van der Waals surface area contributed by atoms with Gasteiger partial charge in [-0.2, -0.15) is 5.10 Å². The Balaban J connectivity index is 2.16. The fourth-order valence-electron chi connectivity index (χ4n) is 2.63. The SMILES string of the molecule is C=NNc1ccc(-c2nc(C)[nH]c2-c2cc(F)c(F)cc2F)cc1C. The highest BCUT2D eigenvalue weighted by Gasteiger charge is 2.19. The number of hydrazone groups is 1. The van der Waals surface area contributed by atoms with Gasteiger partial charge in [-0.3, -0.25) is 5.43 Å². The van der Waals surface area contributed by atoms with Gasteiger partial charge in [-0.25, -0.2) is 18.2 Å². The predicted octanol–water partition coefficient (Wildman–Crippen LogP) is 4.81. The lowest BCUT2D eigenvalue weighted by Gasteiger charge is -2.09. The van der Waals surface area contributed by atoms with E-state index in [-0.39, 0.29) is 11.3 Å². The summed E-state index contributed by atoms with van der Waals surface area (Å²) in [6.45, 7) is 6.95. The maximum absolute atomic E-state index is 14.2. The highest BCUT2D eigenvalue weighted by atomic mass is 19.2. The Morgan fingerprint density at radius 2 is 1.76 bits per heavy atom. The van der Waals surface area contributed by atoms with Gasteiger partial charge in [0.1, 0.15) is 11.6 Å². The van der Waals surface area contributed by atoms with Gasteiger partial charge in [0.25, 0.3) is 0 Å². The molecule has 128 valence electrons. The van der Waals surface area contributed by atoms with Gasteiger partial charge in [0.2, 0.25) is 0 Å². The van der Waals surface area contributed by atoms with Gasteiger partial charge in [0.15, 0.2) is 11.6 Å². The average molecular weight is 344 g/mol. The van der Waals surface area contributed by atoms with E-state index in [1.807, 2.05) is 13.0 Å². The summed E-state index contributed by atoms with van der Waals surface area (Å²) in [7, 11) is 0. The van der Waals surface area contributed by atoms with Crippen LogP contribution in [-0.2, 0) is 0 Å². The van der Waals surface area contributed by atoms with Crippen LogP contribution in [0.5, 0.6) is 0 Å². The van der Waals surface area contributed by atoms with Crippen molar-refractivity contribution in [3.63, 3.8) is 0 Å². The number of hydrogen-bond acceptors (Lipinski definition) is 3. The van der Waals surface area contributed by atoms with E-state index in [2.05, 4.69) is 27.2 Å². The number of nitrogens with zero attached hydrogens (tertiary/aromatic N) is 2. The molecule has 7 heteroatoms. The molecule has 0 saturated carbocycles. The van der Waals surface area contributed by atoms with Gasteiger partial charge in [0, 0.05) is 23.9 Å². The van der Waals surface area contributed by atoms with Gasteiger partial charge in [-0.1, -0.05) is 6.07 Å². The minimum atomic E-state index is -1.23. The van der Waals surface area contributed by atoms with Crippen LogP contribution in [0, 0.1) is 31.3 Å². The number of aromatic nitrogens is 2. The van der Waals surface area contributed by atoms with Crippen molar-refractivity contribution in [3.8, 4) is 22.5 Å². The van der Waals surface area contributed by atoms with Crippen LogP contribution in [0.25, 0.3) is 22.5 Å². The molecule has 3 aromatic rings. The predicted molar refractivity (Wildman–Crippen MR) is 92.0 cm³/mol. The summed E-state index contributed by atoms with van der Waals surface area (Å²) in [5.41, 5.74) is 5.77. The van der Waals surface area contributed by atoms with Crippen LogP contribution in [0.4, 0.5) is 18.9 Å². The molecule has 1 heterocycles. The zero-order chi connectivity index (χ0) is 18.1. The fourth-order valence-corrected chi connectivity index (χ4v) is 2.63. The molecule has 0 aliphatic rings. The highest BCUT2D eigenvalue weighted by molar-refractivity contribution is 5.80. The molecule has 0 radical (unpaired) electrons. The van der Waals surface area contributed by atoms with Crippen LogP contribution >= 0.6 is 0 Å². The number of nitrogens with one attached hydrogen (secondary N) is 2. The number of benzene rings is 2. The minimum Gasteiger partial charge on any atom is -0.342 e. The molecule has 2 N–H and O–H groups in total. The quantitative estimate of drug-likeness (QED) is 0.406. The van der Waals surface area contributed by atoms with E-state index in [4.69, 9.17) is 0 Å². The second-order valence-electron chi connectivity index (χ2n) is 5.59. The Bertz CT molecular complexity index is 963. The monoisotopic (exact) mass is 344 g/mol. The van der Waals surface area contributed by atoms with Gasteiger partial charge in [-0.15, -0.1) is 0 Å². The van der Waals surface area contributed by atoms with Crippen LogP contribution < -0.4 is 5.43 Å². The molecule has 3 rings (SSSR count). The Kier molecular flexibility index (Phi) is 4.31. The van der Waals surface area contributed by atoms with Crippen LogP contribution in [0.2, 0.25) is 0 Å². The lowest BCUT2D eigenvalue weighted by molar-refractivity contribution is 0.496. The summed E-state index contributed by atoms with van der Waals surface area (Å²) in [6.07, 6.45) is 0. The lowest BCUT2D eigenvalue weighted by atomic mass is 10.0. The molecular formula is C18H15F3N4. The van der Waals surface area contributed by atoms with E-state index in [0.717, 1.165) is 17.3 Å². The largest absolute Gasteiger partial charge is 0.342 e. The van der Waals surface area contributed by atoms with Crippen molar-refractivity contribution in [1.82, 2.24) is 9.97 Å². The Morgan fingerprint density at radius 1 is 1.04 bits per heavy atom. The Hall–Kier alpha value is -3.09. The summed E-state index contributed by atoms with van der Waals surface area (Å²) in [6, 6.07) is 6.75. The third-order valence-corrected chi connectivity index (χ3v) is 3.80.